The zero-order valence-corrected chi connectivity index (χ0v) is 8.13. The van der Waals surface area contributed by atoms with Crippen LogP contribution < -0.4 is 0 Å². The van der Waals surface area contributed by atoms with Crippen molar-refractivity contribution in [3.05, 3.63) is 11.5 Å². The minimum Gasteiger partial charge on any atom is -0.127 e. The van der Waals surface area contributed by atoms with Crippen molar-refractivity contribution < 1.29 is 0 Å². The van der Waals surface area contributed by atoms with Gasteiger partial charge in [-0.25, -0.2) is 0 Å². The van der Waals surface area contributed by atoms with Gasteiger partial charge < -0.3 is 0 Å². The number of hydrogen-bond donors (Lipinski definition) is 0. The molecule has 11 heavy (non-hydrogen) atoms. The van der Waals surface area contributed by atoms with Gasteiger partial charge in [0.2, 0.25) is 0 Å². The van der Waals surface area contributed by atoms with Gasteiger partial charge in [-0.15, -0.1) is 23.4 Å². The monoisotopic (exact) mass is 188 g/mol. The molecule has 3 unspecified atom stereocenters. The average molecular weight is 189 g/mol. The van der Waals surface area contributed by atoms with Gasteiger partial charge in [-0.1, -0.05) is 6.58 Å². The molecule has 2 rings (SSSR count). The molecule has 2 fully saturated rings. The van der Waals surface area contributed by atoms with Crippen molar-refractivity contribution in [1.29, 1.82) is 0 Å². The molecule has 2 aliphatic rings. The van der Waals surface area contributed by atoms with Crippen LogP contribution in [0.5, 0.6) is 0 Å². The van der Waals surface area contributed by atoms with Gasteiger partial charge in [0.15, 0.2) is 0 Å². The van der Waals surface area contributed by atoms with E-state index in [1.807, 2.05) is 11.8 Å². The Morgan fingerprint density at radius 1 is 1.45 bits per heavy atom. The molecule has 0 radical (unpaired) electrons. The van der Waals surface area contributed by atoms with Gasteiger partial charge in [-0.05, 0) is 36.5 Å². The summed E-state index contributed by atoms with van der Waals surface area (Å²) in [5.41, 5.74) is 0. The summed E-state index contributed by atoms with van der Waals surface area (Å²) in [7, 11) is 0. The Balaban J connectivity index is 2.02. The van der Waals surface area contributed by atoms with Crippen LogP contribution in [0.1, 0.15) is 25.7 Å². The van der Waals surface area contributed by atoms with Crippen molar-refractivity contribution in [2.24, 2.45) is 5.92 Å². The van der Waals surface area contributed by atoms with Gasteiger partial charge >= 0.3 is 0 Å². The molecule has 0 bridgehead atoms. The third-order valence-corrected chi connectivity index (χ3v) is 4.48. The number of fused-ring (bicyclic) bond motifs is 1. The van der Waals surface area contributed by atoms with Crippen molar-refractivity contribution in [2.75, 3.05) is 0 Å². The van der Waals surface area contributed by atoms with E-state index < -0.39 is 0 Å². The maximum Gasteiger partial charge on any atom is 0.0339 e. The summed E-state index contributed by atoms with van der Waals surface area (Å²) >= 11 is 8.09. The van der Waals surface area contributed by atoms with E-state index in [9.17, 15) is 0 Å². The maximum atomic E-state index is 6.09. The van der Waals surface area contributed by atoms with E-state index in [2.05, 4.69) is 6.58 Å². The number of rotatable bonds is 0. The van der Waals surface area contributed by atoms with Gasteiger partial charge in [0.1, 0.15) is 0 Å². The van der Waals surface area contributed by atoms with Crippen molar-refractivity contribution in [2.45, 2.75) is 36.3 Å². The molecule has 1 aliphatic heterocycles. The number of alkyl halides is 1. The fraction of sp³-hybridized carbons (Fsp3) is 0.778. The molecule has 0 aromatic carbocycles. The first-order valence-corrected chi connectivity index (χ1v) is 5.56. The van der Waals surface area contributed by atoms with E-state index in [-0.39, 0.29) is 0 Å². The van der Waals surface area contributed by atoms with Crippen LogP contribution in [-0.4, -0.2) is 10.6 Å². The van der Waals surface area contributed by atoms with Gasteiger partial charge in [0, 0.05) is 10.6 Å². The molecule has 0 N–H and O–H groups in total. The molecular weight excluding hydrogens is 176 g/mol. The highest BCUT2D eigenvalue weighted by Gasteiger charge is 2.35. The second-order valence-corrected chi connectivity index (χ2v) is 5.61. The first-order valence-electron chi connectivity index (χ1n) is 4.24. The molecule has 62 valence electrons. The summed E-state index contributed by atoms with van der Waals surface area (Å²) in [6.07, 6.45) is 4.96. The predicted molar refractivity (Wildman–Crippen MR) is 52.1 cm³/mol. The lowest BCUT2D eigenvalue weighted by atomic mass is 9.86. The van der Waals surface area contributed by atoms with Crippen LogP contribution in [-0.2, 0) is 0 Å². The van der Waals surface area contributed by atoms with E-state index in [0.717, 1.165) is 11.2 Å². The molecule has 1 saturated carbocycles. The number of halogens is 1. The fourth-order valence-electron chi connectivity index (χ4n) is 2.10. The molecule has 0 aromatic rings. The highest BCUT2D eigenvalue weighted by atomic mass is 35.5. The van der Waals surface area contributed by atoms with Gasteiger partial charge in [-0.2, -0.15) is 0 Å². The SMILES string of the molecule is C=C1CC2CC(Cl)CCC2S1. The van der Waals surface area contributed by atoms with Crippen molar-refractivity contribution in [3.8, 4) is 0 Å². The first-order chi connectivity index (χ1) is 5.25. The summed E-state index contributed by atoms with van der Waals surface area (Å²) in [4.78, 5) is 1.38. The Kier molecular flexibility index (Phi) is 2.20. The zero-order chi connectivity index (χ0) is 7.84. The molecule has 0 spiro atoms. The molecule has 2 heteroatoms. The minimum absolute atomic E-state index is 0.447. The minimum atomic E-state index is 0.447. The van der Waals surface area contributed by atoms with Gasteiger partial charge in [0.25, 0.3) is 0 Å². The third-order valence-electron chi connectivity index (χ3n) is 2.66. The molecular formula is C9H13ClS. The summed E-state index contributed by atoms with van der Waals surface area (Å²) in [6.45, 7) is 4.02. The van der Waals surface area contributed by atoms with E-state index in [0.29, 0.717) is 5.38 Å². The lowest BCUT2D eigenvalue weighted by Crippen LogP contribution is -2.23. The lowest BCUT2D eigenvalue weighted by molar-refractivity contribution is 0.389. The van der Waals surface area contributed by atoms with Crippen LogP contribution in [0.25, 0.3) is 0 Å². The zero-order valence-electron chi connectivity index (χ0n) is 6.55. The second kappa shape index (κ2) is 3.02. The summed E-state index contributed by atoms with van der Waals surface area (Å²) in [6, 6.07) is 0. The van der Waals surface area contributed by atoms with Gasteiger partial charge in [0.05, 0.1) is 0 Å². The standard InChI is InChI=1S/C9H13ClS/c1-6-4-7-5-8(10)2-3-9(7)11-6/h7-9H,1-5H2. The van der Waals surface area contributed by atoms with Gasteiger partial charge in [-0.3, -0.25) is 0 Å². The summed E-state index contributed by atoms with van der Waals surface area (Å²) < 4.78 is 0. The van der Waals surface area contributed by atoms with Crippen molar-refractivity contribution in [3.63, 3.8) is 0 Å². The molecule has 1 aliphatic carbocycles. The highest BCUT2D eigenvalue weighted by molar-refractivity contribution is 8.03. The normalized spacial score (nSPS) is 44.1. The number of allylic oxidation sites excluding steroid dienone is 1. The van der Waals surface area contributed by atoms with Crippen LogP contribution >= 0.6 is 23.4 Å². The second-order valence-electron chi connectivity index (χ2n) is 3.57. The smallest absolute Gasteiger partial charge is 0.0339 e. The van der Waals surface area contributed by atoms with Crippen LogP contribution in [0.3, 0.4) is 0 Å². The Labute approximate surface area is 77.4 Å². The summed E-state index contributed by atoms with van der Waals surface area (Å²) in [5.74, 6) is 0.851. The molecule has 3 atom stereocenters. The average Bonchev–Trinajstić information content (AvgIpc) is 2.27. The largest absolute Gasteiger partial charge is 0.127 e. The Hall–Kier alpha value is 0.380. The quantitative estimate of drug-likeness (QED) is 0.525. The van der Waals surface area contributed by atoms with E-state index in [1.165, 1.54) is 30.6 Å². The van der Waals surface area contributed by atoms with Crippen LogP contribution in [0.15, 0.2) is 11.5 Å². The summed E-state index contributed by atoms with van der Waals surface area (Å²) in [5, 5.41) is 1.31. The highest BCUT2D eigenvalue weighted by Crippen LogP contribution is 2.48. The van der Waals surface area contributed by atoms with Crippen LogP contribution in [0.2, 0.25) is 0 Å². The Morgan fingerprint density at radius 3 is 3.09 bits per heavy atom. The number of hydrogen-bond acceptors (Lipinski definition) is 1. The maximum absolute atomic E-state index is 6.09. The third kappa shape index (κ3) is 1.59. The van der Waals surface area contributed by atoms with E-state index >= 15 is 0 Å². The molecule has 0 amide bonds. The van der Waals surface area contributed by atoms with Crippen LogP contribution in [0.4, 0.5) is 0 Å². The van der Waals surface area contributed by atoms with Crippen molar-refractivity contribution >= 4 is 23.4 Å². The lowest BCUT2D eigenvalue weighted by Gasteiger charge is -2.26. The van der Waals surface area contributed by atoms with E-state index in [1.54, 1.807) is 0 Å². The first kappa shape index (κ1) is 8.00. The Bertz CT molecular complexity index is 178. The number of thioether (sulfide) groups is 1. The van der Waals surface area contributed by atoms with E-state index in [4.69, 9.17) is 11.6 Å². The van der Waals surface area contributed by atoms with Crippen LogP contribution in [0, 0.1) is 5.92 Å². The fourth-order valence-corrected chi connectivity index (χ4v) is 3.85. The predicted octanol–water partition coefficient (Wildman–Crippen LogP) is 3.41. The van der Waals surface area contributed by atoms with Crippen molar-refractivity contribution in [1.82, 2.24) is 0 Å². The molecule has 0 nitrogen and oxygen atoms in total. The Morgan fingerprint density at radius 2 is 2.27 bits per heavy atom. The topological polar surface area (TPSA) is 0 Å². The molecule has 0 aromatic heterocycles. The molecule has 1 saturated heterocycles. The molecule has 1 heterocycles.